The van der Waals surface area contributed by atoms with Crippen LogP contribution in [0.2, 0.25) is 0 Å². The van der Waals surface area contributed by atoms with Crippen molar-refractivity contribution in [3.05, 3.63) is 48.1 Å². The van der Waals surface area contributed by atoms with Crippen LogP contribution >= 0.6 is 0 Å². The highest BCUT2D eigenvalue weighted by Gasteiger charge is 2.37. The van der Waals surface area contributed by atoms with Gasteiger partial charge in [-0.2, -0.15) is 0 Å². The van der Waals surface area contributed by atoms with Crippen molar-refractivity contribution in [3.63, 3.8) is 0 Å². The predicted octanol–water partition coefficient (Wildman–Crippen LogP) is 4.44. The molecule has 0 aliphatic rings. The average molecular weight is 468 g/mol. The minimum absolute atomic E-state index is 0.0127. The van der Waals surface area contributed by atoms with Gasteiger partial charge in [-0.25, -0.2) is 4.79 Å². The van der Waals surface area contributed by atoms with Gasteiger partial charge in [-0.1, -0.05) is 63.3 Å². The lowest BCUT2D eigenvalue weighted by molar-refractivity contribution is -0.0318. The smallest absolute Gasteiger partial charge is 0.406 e. The van der Waals surface area contributed by atoms with E-state index in [-0.39, 0.29) is 18.3 Å². The van der Waals surface area contributed by atoms with Gasteiger partial charge >= 0.3 is 6.09 Å². The number of hydrogen-bond donors (Lipinski definition) is 6. The summed E-state index contributed by atoms with van der Waals surface area (Å²) in [4.78, 5) is 11.0. The molecular formula is C26H45NO6. The molecule has 0 aromatic rings. The molecule has 4 unspecified atom stereocenters. The van der Waals surface area contributed by atoms with E-state index in [0.717, 1.165) is 11.1 Å². The Balaban J connectivity index is 4.69. The van der Waals surface area contributed by atoms with Gasteiger partial charge < -0.3 is 25.5 Å². The van der Waals surface area contributed by atoms with E-state index in [9.17, 15) is 25.2 Å². The zero-order chi connectivity index (χ0) is 25.9. The van der Waals surface area contributed by atoms with Crippen molar-refractivity contribution < 1.29 is 30.3 Å². The molecule has 0 rings (SSSR count). The molecule has 190 valence electrons. The average Bonchev–Trinajstić information content (AvgIpc) is 2.65. The van der Waals surface area contributed by atoms with Crippen LogP contribution in [0.25, 0.3) is 0 Å². The van der Waals surface area contributed by atoms with Crippen molar-refractivity contribution in [3.8, 4) is 0 Å². The third-order valence-electron chi connectivity index (χ3n) is 6.25. The van der Waals surface area contributed by atoms with Gasteiger partial charge in [0.15, 0.2) is 0 Å². The molecule has 0 heterocycles. The fraction of sp³-hybridized carbons (Fsp3) is 0.654. The third kappa shape index (κ3) is 11.7. The van der Waals surface area contributed by atoms with Gasteiger partial charge in [-0.15, -0.1) is 0 Å². The van der Waals surface area contributed by atoms with Crippen LogP contribution in [0.1, 0.15) is 80.1 Å². The SMILES string of the molecule is C=CC=CCC(O)(CC(O)CCC=CCC(O)CC(C)=C(C)C(C)(O)C(C)(C)C)NC(=O)O. The monoisotopic (exact) mass is 467 g/mol. The summed E-state index contributed by atoms with van der Waals surface area (Å²) in [7, 11) is 0. The van der Waals surface area contributed by atoms with Crippen molar-refractivity contribution in [2.45, 2.75) is 104 Å². The van der Waals surface area contributed by atoms with Crippen molar-refractivity contribution in [1.82, 2.24) is 5.32 Å². The van der Waals surface area contributed by atoms with E-state index in [1.54, 1.807) is 19.1 Å². The van der Waals surface area contributed by atoms with Crippen LogP contribution in [-0.4, -0.2) is 55.2 Å². The lowest BCUT2D eigenvalue weighted by Crippen LogP contribution is -2.49. The second-order valence-corrected chi connectivity index (χ2v) is 10.1. The van der Waals surface area contributed by atoms with E-state index < -0.39 is 29.6 Å². The Morgan fingerprint density at radius 2 is 1.64 bits per heavy atom. The Bertz CT molecular complexity index is 717. The van der Waals surface area contributed by atoms with Crippen LogP contribution in [0.5, 0.6) is 0 Å². The second-order valence-electron chi connectivity index (χ2n) is 10.1. The first-order chi connectivity index (χ1) is 15.1. The third-order valence-corrected chi connectivity index (χ3v) is 6.25. The number of allylic oxidation sites excluding steroid dienone is 3. The molecule has 0 fully saturated rings. The second kappa shape index (κ2) is 13.7. The van der Waals surface area contributed by atoms with Crippen molar-refractivity contribution >= 4 is 6.09 Å². The highest BCUT2D eigenvalue weighted by Crippen LogP contribution is 2.37. The van der Waals surface area contributed by atoms with Gasteiger partial charge in [-0.05, 0) is 57.4 Å². The minimum Gasteiger partial charge on any atom is -0.465 e. The van der Waals surface area contributed by atoms with E-state index in [2.05, 4.69) is 11.9 Å². The minimum atomic E-state index is -1.76. The predicted molar refractivity (Wildman–Crippen MR) is 133 cm³/mol. The standard InChI is InChI=1S/C26H45NO6/c1-8-9-13-16-26(33,27-23(30)31)18-22(29)15-12-10-11-14-21(28)17-19(2)20(3)25(7,32)24(4,5)6/h8-11,13,21-22,27-29,32-33H,1,12,14-18H2,2-7H3,(H,30,31). The molecule has 4 atom stereocenters. The summed E-state index contributed by atoms with van der Waals surface area (Å²) < 4.78 is 0. The van der Waals surface area contributed by atoms with Gasteiger partial charge in [0.05, 0.1) is 17.8 Å². The number of carbonyl (C=O) groups is 1. The van der Waals surface area contributed by atoms with Gasteiger partial charge in [-0.3, -0.25) is 5.32 Å². The van der Waals surface area contributed by atoms with Crippen LogP contribution in [-0.2, 0) is 0 Å². The molecule has 0 aliphatic heterocycles. The molecule has 7 nitrogen and oxygen atoms in total. The molecule has 33 heavy (non-hydrogen) atoms. The van der Waals surface area contributed by atoms with Crippen molar-refractivity contribution in [1.29, 1.82) is 0 Å². The van der Waals surface area contributed by atoms with Gasteiger partial charge in [0, 0.05) is 12.8 Å². The first-order valence-electron chi connectivity index (χ1n) is 11.5. The maximum Gasteiger partial charge on any atom is 0.406 e. The zero-order valence-corrected chi connectivity index (χ0v) is 21.1. The molecule has 0 aliphatic carbocycles. The van der Waals surface area contributed by atoms with Crippen LogP contribution in [0.3, 0.4) is 0 Å². The first-order valence-corrected chi connectivity index (χ1v) is 11.5. The first kappa shape index (κ1) is 31.1. The number of amides is 1. The lowest BCUT2D eigenvalue weighted by Gasteiger charge is -2.39. The largest absolute Gasteiger partial charge is 0.465 e. The lowest BCUT2D eigenvalue weighted by atomic mass is 9.72. The molecule has 6 N–H and O–H groups in total. The van der Waals surface area contributed by atoms with E-state index in [1.807, 2.05) is 46.8 Å². The number of nitrogens with one attached hydrogen (secondary N) is 1. The molecule has 0 aromatic carbocycles. The van der Waals surface area contributed by atoms with Crippen LogP contribution in [0.4, 0.5) is 4.79 Å². The molecule has 0 bridgehead atoms. The number of carboxylic acid groups (broad SMARTS) is 1. The summed E-state index contributed by atoms with van der Waals surface area (Å²) in [5.41, 5.74) is -1.23. The number of hydrogen-bond acceptors (Lipinski definition) is 5. The molecule has 0 saturated carbocycles. The zero-order valence-electron chi connectivity index (χ0n) is 21.1. The Kier molecular flexibility index (Phi) is 12.9. The van der Waals surface area contributed by atoms with Crippen LogP contribution in [0, 0.1) is 5.41 Å². The van der Waals surface area contributed by atoms with Gasteiger partial charge in [0.1, 0.15) is 5.72 Å². The molecule has 0 radical (unpaired) electrons. The Labute approximate surface area is 199 Å². The van der Waals surface area contributed by atoms with Gasteiger partial charge in [0.25, 0.3) is 0 Å². The fourth-order valence-corrected chi connectivity index (χ4v) is 3.46. The normalized spacial score (nSPS) is 19.0. The maximum absolute atomic E-state index is 11.0. The number of aliphatic hydroxyl groups excluding tert-OH is 2. The summed E-state index contributed by atoms with van der Waals surface area (Å²) in [6, 6.07) is 0. The highest BCUT2D eigenvalue weighted by molar-refractivity contribution is 5.65. The van der Waals surface area contributed by atoms with Crippen LogP contribution < -0.4 is 5.32 Å². The van der Waals surface area contributed by atoms with Gasteiger partial charge in [0.2, 0.25) is 0 Å². The number of rotatable bonds is 14. The maximum atomic E-state index is 11.0. The summed E-state index contributed by atoms with van der Waals surface area (Å²) in [5, 5.41) is 52.9. The molecule has 0 aromatic heterocycles. The Morgan fingerprint density at radius 3 is 2.15 bits per heavy atom. The fourth-order valence-electron chi connectivity index (χ4n) is 3.46. The van der Waals surface area contributed by atoms with Crippen LogP contribution in [0.15, 0.2) is 48.1 Å². The van der Waals surface area contributed by atoms with E-state index in [4.69, 9.17) is 5.11 Å². The summed E-state index contributed by atoms with van der Waals surface area (Å²) >= 11 is 0. The highest BCUT2D eigenvalue weighted by atomic mass is 16.4. The Hall–Kier alpha value is -1.93. The molecule has 7 heteroatoms. The molecule has 1 amide bonds. The van der Waals surface area contributed by atoms with Crippen molar-refractivity contribution in [2.24, 2.45) is 5.41 Å². The van der Waals surface area contributed by atoms with E-state index in [0.29, 0.717) is 25.7 Å². The Morgan fingerprint density at radius 1 is 1.03 bits per heavy atom. The molecular weight excluding hydrogens is 422 g/mol. The van der Waals surface area contributed by atoms with E-state index in [1.165, 1.54) is 6.08 Å². The molecule has 0 saturated heterocycles. The quantitative estimate of drug-likeness (QED) is 0.127. The van der Waals surface area contributed by atoms with E-state index >= 15 is 0 Å². The number of aliphatic hydroxyl groups is 4. The summed E-state index contributed by atoms with van der Waals surface area (Å²) in [6.07, 6.45) is 7.16. The molecule has 0 spiro atoms. The summed E-state index contributed by atoms with van der Waals surface area (Å²) in [5.74, 6) is 0. The topological polar surface area (TPSA) is 130 Å². The summed E-state index contributed by atoms with van der Waals surface area (Å²) in [6.45, 7) is 15.1. The van der Waals surface area contributed by atoms with Crippen molar-refractivity contribution in [2.75, 3.05) is 0 Å².